The Balaban J connectivity index is 2.09. The molecule has 0 unspecified atom stereocenters. The number of methoxy groups -OCH3 is 1. The Morgan fingerprint density at radius 3 is 2.62 bits per heavy atom. The zero-order valence-electron chi connectivity index (χ0n) is 12.2. The van der Waals surface area contributed by atoms with Crippen molar-refractivity contribution in [2.75, 3.05) is 7.11 Å². The number of esters is 1. The molecule has 0 fully saturated rings. The van der Waals surface area contributed by atoms with E-state index in [-0.39, 0.29) is 22.1 Å². The second-order valence-corrected chi connectivity index (χ2v) is 5.06. The van der Waals surface area contributed by atoms with Gasteiger partial charge in [-0.15, -0.1) is 0 Å². The Hall–Kier alpha value is -2.74. The van der Waals surface area contributed by atoms with Crippen LogP contribution >= 0.6 is 11.6 Å². The van der Waals surface area contributed by atoms with Gasteiger partial charge in [-0.1, -0.05) is 11.6 Å². The zero-order valence-corrected chi connectivity index (χ0v) is 13.0. The van der Waals surface area contributed by atoms with Gasteiger partial charge in [-0.3, -0.25) is 0 Å². The fourth-order valence-corrected chi connectivity index (χ4v) is 2.31. The Labute approximate surface area is 139 Å². The molecule has 0 aliphatic carbocycles. The van der Waals surface area contributed by atoms with Gasteiger partial charge in [0, 0.05) is 5.56 Å². The molecule has 124 valence electrons. The van der Waals surface area contributed by atoms with E-state index in [0.717, 1.165) is 0 Å². The maximum Gasteiger partial charge on any atom is 0.387 e. The molecule has 0 radical (unpaired) electrons. The topological polar surface area (TPSA) is 65.7 Å². The van der Waals surface area contributed by atoms with Crippen molar-refractivity contribution in [1.29, 1.82) is 0 Å². The van der Waals surface area contributed by atoms with Gasteiger partial charge in [0.15, 0.2) is 11.3 Å². The molecule has 1 aromatic carbocycles. The lowest BCUT2D eigenvalue weighted by Crippen LogP contribution is -2.10. The van der Waals surface area contributed by atoms with Gasteiger partial charge in [-0.05, 0) is 30.3 Å². The molecule has 0 amide bonds. The van der Waals surface area contributed by atoms with E-state index < -0.39 is 12.6 Å². The lowest BCUT2D eigenvalue weighted by Gasteiger charge is -2.08. The van der Waals surface area contributed by atoms with Crippen molar-refractivity contribution >= 4 is 23.2 Å². The summed E-state index contributed by atoms with van der Waals surface area (Å²) in [4.78, 5) is 16.3. The molecule has 2 aromatic heterocycles. The second-order valence-electron chi connectivity index (χ2n) is 4.65. The highest BCUT2D eigenvalue weighted by atomic mass is 35.5. The van der Waals surface area contributed by atoms with E-state index in [1.807, 2.05) is 0 Å². The normalized spacial score (nSPS) is 11.0. The number of carbonyl (C=O) groups excluding carboxylic acids is 1. The first kappa shape index (κ1) is 16.1. The molecule has 3 aromatic rings. The predicted octanol–water partition coefficient (Wildman–Crippen LogP) is 3.44. The zero-order chi connectivity index (χ0) is 17.3. The highest BCUT2D eigenvalue weighted by molar-refractivity contribution is 6.33. The third kappa shape index (κ3) is 3.00. The van der Waals surface area contributed by atoms with Gasteiger partial charge in [0.25, 0.3) is 0 Å². The maximum absolute atomic E-state index is 12.2. The van der Waals surface area contributed by atoms with Gasteiger partial charge >= 0.3 is 12.6 Å². The molecule has 0 aliphatic heterocycles. The van der Waals surface area contributed by atoms with E-state index in [9.17, 15) is 13.6 Å². The summed E-state index contributed by atoms with van der Waals surface area (Å²) < 4.78 is 34.7. The lowest BCUT2D eigenvalue weighted by atomic mass is 10.1. The van der Waals surface area contributed by atoms with Crippen LogP contribution in [0, 0.1) is 0 Å². The van der Waals surface area contributed by atoms with Crippen molar-refractivity contribution in [3.8, 4) is 17.0 Å². The Bertz CT molecular complexity index is 897. The minimum atomic E-state index is -2.90. The lowest BCUT2D eigenvalue weighted by molar-refractivity contribution is -0.0498. The van der Waals surface area contributed by atoms with Crippen LogP contribution in [0.3, 0.4) is 0 Å². The van der Waals surface area contributed by atoms with E-state index in [1.54, 1.807) is 12.1 Å². The van der Waals surface area contributed by atoms with Gasteiger partial charge in [0.1, 0.15) is 10.8 Å². The summed E-state index contributed by atoms with van der Waals surface area (Å²) in [6.45, 7) is -2.90. The van der Waals surface area contributed by atoms with E-state index in [2.05, 4.69) is 14.8 Å². The van der Waals surface area contributed by atoms with Crippen molar-refractivity contribution in [3.63, 3.8) is 0 Å². The molecule has 3 rings (SSSR count). The van der Waals surface area contributed by atoms with Crippen LogP contribution in [0.25, 0.3) is 16.9 Å². The van der Waals surface area contributed by atoms with E-state index >= 15 is 0 Å². The Kier molecular flexibility index (Phi) is 4.30. The van der Waals surface area contributed by atoms with Crippen LogP contribution in [0.4, 0.5) is 8.78 Å². The largest absolute Gasteiger partial charge is 0.464 e. The van der Waals surface area contributed by atoms with Gasteiger partial charge in [0.05, 0.1) is 19.0 Å². The van der Waals surface area contributed by atoms with Gasteiger partial charge in [-0.2, -0.15) is 13.9 Å². The summed E-state index contributed by atoms with van der Waals surface area (Å²) in [6.07, 6.45) is 1.36. The monoisotopic (exact) mass is 353 g/mol. The predicted molar refractivity (Wildman–Crippen MR) is 81.4 cm³/mol. The van der Waals surface area contributed by atoms with Crippen molar-refractivity contribution in [1.82, 2.24) is 14.6 Å². The molecule has 6 nitrogen and oxygen atoms in total. The quantitative estimate of drug-likeness (QED) is 0.672. The first-order valence-electron chi connectivity index (χ1n) is 6.67. The van der Waals surface area contributed by atoms with Crippen LogP contribution in [-0.4, -0.2) is 34.3 Å². The second kappa shape index (κ2) is 6.40. The summed E-state index contributed by atoms with van der Waals surface area (Å²) >= 11 is 6.03. The Morgan fingerprint density at radius 1 is 1.29 bits per heavy atom. The van der Waals surface area contributed by atoms with Crippen LogP contribution in [0.2, 0.25) is 5.02 Å². The molecule has 0 N–H and O–H groups in total. The molecule has 0 bridgehead atoms. The molecule has 0 saturated heterocycles. The number of benzene rings is 1. The van der Waals surface area contributed by atoms with Crippen LogP contribution in [0.15, 0.2) is 36.5 Å². The van der Waals surface area contributed by atoms with E-state index in [0.29, 0.717) is 11.3 Å². The number of aromatic nitrogens is 3. The summed E-state index contributed by atoms with van der Waals surface area (Å²) in [5.74, 6) is -0.591. The van der Waals surface area contributed by atoms with Crippen LogP contribution in [0.5, 0.6) is 5.75 Å². The SMILES string of the molecule is COC(=O)c1cc(-c2ccc(OC(F)F)cc2)nc2c(Cl)cnn12. The number of hydrogen-bond donors (Lipinski definition) is 0. The third-order valence-electron chi connectivity index (χ3n) is 3.20. The molecule has 0 saturated carbocycles. The number of halogens is 3. The number of rotatable bonds is 4. The third-order valence-corrected chi connectivity index (χ3v) is 3.47. The smallest absolute Gasteiger partial charge is 0.387 e. The molecular weight excluding hydrogens is 344 g/mol. The first-order chi connectivity index (χ1) is 11.5. The van der Waals surface area contributed by atoms with Crippen molar-refractivity contribution in [2.45, 2.75) is 6.61 Å². The fourth-order valence-electron chi connectivity index (χ4n) is 2.14. The number of alkyl halides is 2. The summed E-state index contributed by atoms with van der Waals surface area (Å²) in [7, 11) is 1.25. The highest BCUT2D eigenvalue weighted by Crippen LogP contribution is 2.25. The van der Waals surface area contributed by atoms with Crippen LogP contribution in [-0.2, 0) is 4.74 Å². The minimum absolute atomic E-state index is 0.0189. The van der Waals surface area contributed by atoms with Gasteiger partial charge in [-0.25, -0.2) is 14.3 Å². The first-order valence-corrected chi connectivity index (χ1v) is 7.05. The number of nitrogens with zero attached hydrogens (tertiary/aromatic N) is 3. The molecule has 24 heavy (non-hydrogen) atoms. The molecular formula is C15H10ClF2N3O3. The van der Waals surface area contributed by atoms with Crippen LogP contribution in [0.1, 0.15) is 10.5 Å². The summed E-state index contributed by atoms with van der Waals surface area (Å²) in [5, 5.41) is 4.25. The average molecular weight is 354 g/mol. The average Bonchev–Trinajstić information content (AvgIpc) is 2.95. The molecule has 0 aliphatic rings. The highest BCUT2D eigenvalue weighted by Gasteiger charge is 2.17. The molecule has 0 spiro atoms. The number of carbonyl (C=O) groups is 1. The van der Waals surface area contributed by atoms with E-state index in [1.165, 1.54) is 36.0 Å². The maximum atomic E-state index is 12.2. The summed E-state index contributed by atoms with van der Waals surface area (Å²) in [6, 6.07) is 7.32. The number of hydrogen-bond acceptors (Lipinski definition) is 5. The van der Waals surface area contributed by atoms with E-state index in [4.69, 9.17) is 16.3 Å². The Morgan fingerprint density at radius 2 is 2.00 bits per heavy atom. The van der Waals surface area contributed by atoms with Crippen molar-refractivity contribution in [3.05, 3.63) is 47.2 Å². The minimum Gasteiger partial charge on any atom is -0.464 e. The molecule has 2 heterocycles. The van der Waals surface area contributed by atoms with Gasteiger partial charge < -0.3 is 9.47 Å². The molecule has 0 atom stereocenters. The number of fused-ring (bicyclic) bond motifs is 1. The van der Waals surface area contributed by atoms with Crippen molar-refractivity contribution < 1.29 is 23.0 Å². The molecule has 9 heteroatoms. The number of ether oxygens (including phenoxy) is 2. The fraction of sp³-hybridized carbons (Fsp3) is 0.133. The van der Waals surface area contributed by atoms with Crippen LogP contribution < -0.4 is 4.74 Å². The van der Waals surface area contributed by atoms with Gasteiger partial charge in [0.2, 0.25) is 0 Å². The standard InChI is InChI=1S/C15H10ClF2N3O3/c1-23-14(22)12-6-11(20-13-10(16)7-19-21(12)13)8-2-4-9(5-3-8)24-15(17)18/h2-7,15H,1H3. The summed E-state index contributed by atoms with van der Waals surface area (Å²) in [5.41, 5.74) is 1.41. The van der Waals surface area contributed by atoms with Crippen molar-refractivity contribution in [2.24, 2.45) is 0 Å².